The van der Waals surface area contributed by atoms with Crippen molar-refractivity contribution in [1.82, 2.24) is 14.8 Å². The zero-order chi connectivity index (χ0) is 22.4. The molecule has 0 saturated heterocycles. The fourth-order valence-corrected chi connectivity index (χ4v) is 4.18. The van der Waals surface area contributed by atoms with Crippen molar-refractivity contribution in [3.63, 3.8) is 0 Å². The van der Waals surface area contributed by atoms with Crippen molar-refractivity contribution in [1.29, 1.82) is 5.26 Å². The summed E-state index contributed by atoms with van der Waals surface area (Å²) in [6.45, 7) is 0. The van der Waals surface area contributed by atoms with E-state index in [9.17, 15) is 9.90 Å². The summed E-state index contributed by atoms with van der Waals surface area (Å²) in [5.74, 6) is -0.945. The van der Waals surface area contributed by atoms with E-state index in [-0.39, 0.29) is 5.56 Å². The number of rotatable bonds is 4. The van der Waals surface area contributed by atoms with Gasteiger partial charge in [0.15, 0.2) is 0 Å². The Kier molecular flexibility index (Phi) is 4.49. The Morgan fingerprint density at radius 2 is 1.91 bits per heavy atom. The van der Waals surface area contributed by atoms with Crippen LogP contribution in [0.1, 0.15) is 32.9 Å². The Labute approximate surface area is 184 Å². The number of fused-ring (bicyclic) bond motifs is 2. The van der Waals surface area contributed by atoms with Crippen molar-refractivity contribution in [2.24, 2.45) is 7.05 Å². The molecular formula is C25H19N5O2. The number of nitrogens with zero attached hydrogens (tertiary/aromatic N) is 5. The van der Waals surface area contributed by atoms with E-state index < -0.39 is 5.97 Å². The SMILES string of the molecule is CN(c1ccc(C#N)cc1)c1ccc2c(C3=Cc4nccc(C(=O)O)c4C3)nn(C)c2c1. The predicted octanol–water partition coefficient (Wildman–Crippen LogP) is 4.40. The van der Waals surface area contributed by atoms with Gasteiger partial charge in [-0.3, -0.25) is 9.67 Å². The van der Waals surface area contributed by atoms with Crippen LogP contribution in [0, 0.1) is 11.3 Å². The third kappa shape index (κ3) is 3.10. The monoisotopic (exact) mass is 421 g/mol. The van der Waals surface area contributed by atoms with Gasteiger partial charge in [0.2, 0.25) is 0 Å². The van der Waals surface area contributed by atoms with Crippen molar-refractivity contribution in [3.8, 4) is 6.07 Å². The Morgan fingerprint density at radius 3 is 2.62 bits per heavy atom. The molecule has 0 unspecified atom stereocenters. The summed E-state index contributed by atoms with van der Waals surface area (Å²) in [4.78, 5) is 18.0. The van der Waals surface area contributed by atoms with Crippen LogP contribution in [-0.4, -0.2) is 32.9 Å². The van der Waals surface area contributed by atoms with E-state index in [2.05, 4.69) is 22.0 Å². The second-order valence-electron chi connectivity index (χ2n) is 7.77. The molecule has 2 aromatic heterocycles. The summed E-state index contributed by atoms with van der Waals surface area (Å²) in [5.41, 5.74) is 7.07. The van der Waals surface area contributed by atoms with Crippen LogP contribution in [-0.2, 0) is 13.5 Å². The van der Waals surface area contributed by atoms with Crippen LogP contribution < -0.4 is 4.90 Å². The molecule has 4 aromatic rings. The van der Waals surface area contributed by atoms with Gasteiger partial charge in [0.1, 0.15) is 0 Å². The van der Waals surface area contributed by atoms with Crippen LogP contribution in [0.25, 0.3) is 22.6 Å². The molecule has 0 saturated carbocycles. The van der Waals surface area contributed by atoms with E-state index in [4.69, 9.17) is 10.4 Å². The van der Waals surface area contributed by atoms with Gasteiger partial charge in [-0.2, -0.15) is 10.4 Å². The lowest BCUT2D eigenvalue weighted by atomic mass is 10.0. The average molecular weight is 421 g/mol. The number of allylic oxidation sites excluding steroid dienone is 1. The van der Waals surface area contributed by atoms with Gasteiger partial charge in [0.05, 0.1) is 34.1 Å². The van der Waals surface area contributed by atoms with Gasteiger partial charge < -0.3 is 10.0 Å². The molecule has 0 spiro atoms. The first-order valence-electron chi connectivity index (χ1n) is 10.1. The Hall–Kier alpha value is -4.44. The van der Waals surface area contributed by atoms with E-state index in [1.54, 1.807) is 18.2 Å². The first-order chi connectivity index (χ1) is 15.5. The molecule has 7 heteroatoms. The zero-order valence-electron chi connectivity index (χ0n) is 17.6. The minimum Gasteiger partial charge on any atom is -0.478 e. The highest BCUT2D eigenvalue weighted by molar-refractivity contribution is 6.01. The molecule has 1 aliphatic carbocycles. The number of hydrogen-bond acceptors (Lipinski definition) is 5. The summed E-state index contributed by atoms with van der Waals surface area (Å²) >= 11 is 0. The molecule has 0 radical (unpaired) electrons. The number of hydrogen-bond donors (Lipinski definition) is 1. The Morgan fingerprint density at radius 1 is 1.16 bits per heavy atom. The maximum absolute atomic E-state index is 11.6. The number of anilines is 2. The molecule has 156 valence electrons. The molecule has 7 nitrogen and oxygen atoms in total. The lowest BCUT2D eigenvalue weighted by Gasteiger charge is -2.19. The van der Waals surface area contributed by atoms with Crippen molar-refractivity contribution in [3.05, 3.63) is 82.8 Å². The second kappa shape index (κ2) is 7.36. The highest BCUT2D eigenvalue weighted by atomic mass is 16.4. The van der Waals surface area contributed by atoms with Crippen LogP contribution in [0.5, 0.6) is 0 Å². The minimum atomic E-state index is -0.945. The quantitative estimate of drug-likeness (QED) is 0.525. The lowest BCUT2D eigenvalue weighted by molar-refractivity contribution is 0.0695. The maximum Gasteiger partial charge on any atom is 0.336 e. The van der Waals surface area contributed by atoms with E-state index in [0.717, 1.165) is 39.1 Å². The van der Waals surface area contributed by atoms with Crippen molar-refractivity contribution < 1.29 is 9.90 Å². The number of aryl methyl sites for hydroxylation is 1. The van der Waals surface area contributed by atoms with Crippen LogP contribution >= 0.6 is 0 Å². The summed E-state index contributed by atoms with van der Waals surface area (Å²) in [6, 6.07) is 17.3. The number of carbonyl (C=O) groups is 1. The molecular weight excluding hydrogens is 402 g/mol. The van der Waals surface area contributed by atoms with E-state index >= 15 is 0 Å². The first-order valence-corrected chi connectivity index (χ1v) is 10.1. The molecule has 0 bridgehead atoms. The van der Waals surface area contributed by atoms with E-state index in [0.29, 0.717) is 17.7 Å². The van der Waals surface area contributed by atoms with E-state index in [1.807, 2.05) is 49.1 Å². The van der Waals surface area contributed by atoms with E-state index in [1.165, 1.54) is 6.20 Å². The van der Waals surface area contributed by atoms with Gasteiger partial charge in [0.25, 0.3) is 0 Å². The second-order valence-corrected chi connectivity index (χ2v) is 7.77. The largest absolute Gasteiger partial charge is 0.478 e. The molecule has 0 aliphatic heterocycles. The fraction of sp³-hybridized carbons (Fsp3) is 0.120. The van der Waals surface area contributed by atoms with Gasteiger partial charge in [-0.1, -0.05) is 0 Å². The van der Waals surface area contributed by atoms with Gasteiger partial charge in [-0.25, -0.2) is 4.79 Å². The van der Waals surface area contributed by atoms with Gasteiger partial charge >= 0.3 is 5.97 Å². The summed E-state index contributed by atoms with van der Waals surface area (Å²) in [6.07, 6.45) is 3.95. The summed E-state index contributed by atoms with van der Waals surface area (Å²) in [5, 5.41) is 24.3. The number of carboxylic acids is 1. The van der Waals surface area contributed by atoms with Crippen molar-refractivity contribution in [2.45, 2.75) is 6.42 Å². The highest BCUT2D eigenvalue weighted by Crippen LogP contribution is 2.36. The number of aromatic nitrogens is 3. The number of aromatic carboxylic acids is 1. The lowest BCUT2D eigenvalue weighted by Crippen LogP contribution is -2.09. The molecule has 5 rings (SSSR count). The molecule has 0 amide bonds. The van der Waals surface area contributed by atoms with Gasteiger partial charge in [0, 0.05) is 43.5 Å². The molecule has 0 fully saturated rings. The normalized spacial score (nSPS) is 12.3. The smallest absolute Gasteiger partial charge is 0.336 e. The molecule has 2 heterocycles. The molecule has 1 N–H and O–H groups in total. The third-order valence-corrected chi connectivity index (χ3v) is 5.91. The van der Waals surface area contributed by atoms with Gasteiger partial charge in [-0.15, -0.1) is 0 Å². The Bertz CT molecular complexity index is 1460. The zero-order valence-corrected chi connectivity index (χ0v) is 17.6. The number of benzene rings is 2. The summed E-state index contributed by atoms with van der Waals surface area (Å²) < 4.78 is 1.84. The third-order valence-electron chi connectivity index (χ3n) is 5.91. The highest BCUT2D eigenvalue weighted by Gasteiger charge is 2.24. The van der Waals surface area contributed by atoms with Crippen LogP contribution in [0.3, 0.4) is 0 Å². The molecule has 2 aromatic carbocycles. The maximum atomic E-state index is 11.6. The molecule has 1 aliphatic rings. The number of nitriles is 1. The first kappa shape index (κ1) is 19.5. The number of carboxylic acid groups (broad SMARTS) is 1. The Balaban J connectivity index is 1.51. The number of pyridine rings is 1. The molecule has 0 atom stereocenters. The van der Waals surface area contributed by atoms with Crippen LogP contribution in [0.4, 0.5) is 11.4 Å². The topological polar surface area (TPSA) is 95.0 Å². The average Bonchev–Trinajstić information content (AvgIpc) is 3.39. The van der Waals surface area contributed by atoms with Crippen LogP contribution in [0.2, 0.25) is 0 Å². The standard InChI is InChI=1S/C25H19N5O2/c1-29(17-5-3-15(14-26)4-6-17)18-7-8-20-23(13-18)30(2)28-24(20)16-11-21-19(25(31)32)9-10-27-22(21)12-16/h3-10,12-13H,11H2,1-2H3,(H,31,32). The van der Waals surface area contributed by atoms with Gasteiger partial charge in [-0.05, 0) is 65.7 Å². The fourth-order valence-electron chi connectivity index (χ4n) is 4.18. The minimum absolute atomic E-state index is 0.285. The van der Waals surface area contributed by atoms with Crippen molar-refractivity contribution in [2.75, 3.05) is 11.9 Å². The van der Waals surface area contributed by atoms with Crippen LogP contribution in [0.15, 0.2) is 54.7 Å². The molecule has 32 heavy (non-hydrogen) atoms. The van der Waals surface area contributed by atoms with Crippen molar-refractivity contribution >= 4 is 39.9 Å². The summed E-state index contributed by atoms with van der Waals surface area (Å²) in [7, 11) is 3.88. The predicted molar refractivity (Wildman–Crippen MR) is 123 cm³/mol.